The fourth-order valence-electron chi connectivity index (χ4n) is 4.57. The lowest BCUT2D eigenvalue weighted by atomic mass is 10.1. The molecule has 1 aliphatic rings. The van der Waals surface area contributed by atoms with Crippen molar-refractivity contribution in [3.8, 4) is 0 Å². The van der Waals surface area contributed by atoms with Crippen molar-refractivity contribution in [2.75, 3.05) is 31.1 Å². The average Bonchev–Trinajstić information content (AvgIpc) is 3.45. The fraction of sp³-hybridized carbons (Fsp3) is 0.179. The minimum Gasteiger partial charge on any atom is -0.369 e. The fourth-order valence-corrected chi connectivity index (χ4v) is 6.47. The van der Waals surface area contributed by atoms with Crippen molar-refractivity contribution in [3.63, 3.8) is 0 Å². The third kappa shape index (κ3) is 6.37. The number of nitro benzene ring substituents is 1. The zero-order chi connectivity index (χ0) is 28.3. The SMILES string of the molecule is O=[N+]([O-])c1cc(S(=O)(=O)N2CCN(c3ccc(/C=C/c4cc(Cl)cc(Cn5ccnc5)c4)cc3)CC2)ccc1Cl. The number of rotatable bonds is 8. The van der Waals surface area contributed by atoms with Gasteiger partial charge in [0.15, 0.2) is 0 Å². The Morgan fingerprint density at radius 3 is 2.33 bits per heavy atom. The minimum atomic E-state index is -3.88. The molecule has 0 amide bonds. The quantitative estimate of drug-likeness (QED) is 0.144. The molecule has 3 aromatic carbocycles. The second-order valence-corrected chi connectivity index (χ2v) is 12.1. The molecule has 206 valence electrons. The van der Waals surface area contributed by atoms with Gasteiger partial charge in [-0.05, 0) is 59.2 Å². The molecule has 12 heteroatoms. The molecule has 9 nitrogen and oxygen atoms in total. The van der Waals surface area contributed by atoms with Crippen molar-refractivity contribution in [2.45, 2.75) is 11.4 Å². The number of piperazine rings is 1. The largest absolute Gasteiger partial charge is 0.369 e. The van der Waals surface area contributed by atoms with E-state index >= 15 is 0 Å². The molecule has 0 bridgehead atoms. The van der Waals surface area contributed by atoms with Crippen molar-refractivity contribution < 1.29 is 13.3 Å². The van der Waals surface area contributed by atoms with Gasteiger partial charge < -0.3 is 9.47 Å². The van der Waals surface area contributed by atoms with Crippen LogP contribution in [0.4, 0.5) is 11.4 Å². The van der Waals surface area contributed by atoms with Crippen LogP contribution in [0, 0.1) is 10.1 Å². The summed E-state index contributed by atoms with van der Waals surface area (Å²) in [4.78, 5) is 16.6. The van der Waals surface area contributed by atoms with Gasteiger partial charge >= 0.3 is 0 Å². The molecule has 4 aromatic rings. The standard InChI is InChI=1S/C28H25Cl2N5O4S/c29-24-16-22(15-23(17-24)19-32-10-9-31-20-32)2-1-21-3-5-25(6-4-21)33-11-13-34(14-12-33)40(38,39)26-7-8-27(30)28(18-26)35(36)37/h1-10,15-18,20H,11-14,19H2/b2-1+. The molecular weight excluding hydrogens is 573 g/mol. The van der Waals surface area contributed by atoms with Crippen LogP contribution in [0.2, 0.25) is 10.0 Å². The number of benzene rings is 3. The van der Waals surface area contributed by atoms with E-state index in [-0.39, 0.29) is 23.0 Å². The molecule has 0 aliphatic carbocycles. The molecule has 1 aromatic heterocycles. The van der Waals surface area contributed by atoms with Crippen LogP contribution >= 0.6 is 23.2 Å². The molecule has 1 aliphatic heterocycles. The number of nitrogens with zero attached hydrogens (tertiary/aromatic N) is 5. The first-order valence-electron chi connectivity index (χ1n) is 12.4. The highest BCUT2D eigenvalue weighted by molar-refractivity contribution is 7.89. The maximum Gasteiger partial charge on any atom is 0.289 e. The summed E-state index contributed by atoms with van der Waals surface area (Å²) in [6.45, 7) is 2.19. The highest BCUT2D eigenvalue weighted by Crippen LogP contribution is 2.29. The maximum atomic E-state index is 13.1. The number of anilines is 1. The predicted molar refractivity (Wildman–Crippen MR) is 157 cm³/mol. The van der Waals surface area contributed by atoms with Crippen LogP contribution < -0.4 is 4.90 Å². The van der Waals surface area contributed by atoms with E-state index in [1.165, 1.54) is 16.4 Å². The van der Waals surface area contributed by atoms with E-state index in [2.05, 4.69) is 16.0 Å². The van der Waals surface area contributed by atoms with Gasteiger partial charge in [0.25, 0.3) is 5.69 Å². The molecule has 5 rings (SSSR count). The molecule has 40 heavy (non-hydrogen) atoms. The first kappa shape index (κ1) is 27.9. The summed E-state index contributed by atoms with van der Waals surface area (Å²) < 4.78 is 29.5. The maximum absolute atomic E-state index is 13.1. The first-order valence-corrected chi connectivity index (χ1v) is 14.6. The van der Waals surface area contributed by atoms with Gasteiger partial charge in [-0.25, -0.2) is 13.4 Å². The van der Waals surface area contributed by atoms with E-state index in [4.69, 9.17) is 23.2 Å². The number of aromatic nitrogens is 2. The zero-order valence-electron chi connectivity index (χ0n) is 21.2. The highest BCUT2D eigenvalue weighted by atomic mass is 35.5. The highest BCUT2D eigenvalue weighted by Gasteiger charge is 2.30. The number of hydrogen-bond acceptors (Lipinski definition) is 6. The van der Waals surface area contributed by atoms with Crippen LogP contribution in [0.1, 0.15) is 16.7 Å². The molecule has 1 fully saturated rings. The molecule has 2 heterocycles. The number of hydrogen-bond donors (Lipinski definition) is 0. The Morgan fingerprint density at radius 2 is 1.65 bits per heavy atom. The van der Waals surface area contributed by atoms with E-state index in [0.29, 0.717) is 24.7 Å². The Morgan fingerprint density at radius 1 is 0.925 bits per heavy atom. The Kier molecular flexibility index (Phi) is 8.22. The van der Waals surface area contributed by atoms with Gasteiger partial charge in [0.1, 0.15) is 5.02 Å². The summed E-state index contributed by atoms with van der Waals surface area (Å²) in [5, 5.41) is 11.8. The Balaban J connectivity index is 1.21. The molecule has 0 unspecified atom stereocenters. The van der Waals surface area contributed by atoms with Gasteiger partial charge in [-0.2, -0.15) is 4.31 Å². The van der Waals surface area contributed by atoms with Gasteiger partial charge in [-0.1, -0.05) is 47.5 Å². The molecule has 0 radical (unpaired) electrons. The van der Waals surface area contributed by atoms with Crippen LogP contribution in [0.3, 0.4) is 0 Å². The lowest BCUT2D eigenvalue weighted by Crippen LogP contribution is -2.48. The number of imidazole rings is 1. The molecule has 0 saturated carbocycles. The molecule has 0 N–H and O–H groups in total. The zero-order valence-corrected chi connectivity index (χ0v) is 23.6. The Bertz CT molecular complexity index is 1650. The predicted octanol–water partition coefficient (Wildman–Crippen LogP) is 5.83. The van der Waals surface area contributed by atoms with Crippen molar-refractivity contribution >= 4 is 56.8 Å². The van der Waals surface area contributed by atoms with Crippen LogP contribution in [0.15, 0.2) is 84.3 Å². The third-order valence-corrected chi connectivity index (χ3v) is 9.05. The molecule has 1 saturated heterocycles. The normalized spacial score (nSPS) is 14.6. The Labute approximate surface area is 242 Å². The summed E-state index contributed by atoms with van der Waals surface area (Å²) in [7, 11) is -3.88. The smallest absolute Gasteiger partial charge is 0.289 e. The topological polar surface area (TPSA) is 102 Å². The number of halogens is 2. The van der Waals surface area contributed by atoms with E-state index in [1.807, 2.05) is 59.3 Å². The Hall–Kier alpha value is -3.70. The summed E-state index contributed by atoms with van der Waals surface area (Å²) in [5.41, 5.74) is 3.65. The van der Waals surface area contributed by atoms with Crippen molar-refractivity contribution in [2.24, 2.45) is 0 Å². The number of sulfonamides is 1. The minimum absolute atomic E-state index is 0.102. The van der Waals surface area contributed by atoms with Crippen LogP contribution in [-0.2, 0) is 16.6 Å². The summed E-state index contributed by atoms with van der Waals surface area (Å²) in [6.07, 6.45) is 9.46. The van der Waals surface area contributed by atoms with Crippen molar-refractivity contribution in [1.82, 2.24) is 13.9 Å². The van der Waals surface area contributed by atoms with Gasteiger partial charge in [-0.3, -0.25) is 10.1 Å². The van der Waals surface area contributed by atoms with E-state index in [9.17, 15) is 18.5 Å². The molecular formula is C28H25Cl2N5O4S. The lowest BCUT2D eigenvalue weighted by Gasteiger charge is -2.35. The lowest BCUT2D eigenvalue weighted by molar-refractivity contribution is -0.384. The second-order valence-electron chi connectivity index (χ2n) is 9.31. The molecule has 0 spiro atoms. The summed E-state index contributed by atoms with van der Waals surface area (Å²) >= 11 is 12.2. The molecule has 0 atom stereocenters. The van der Waals surface area contributed by atoms with Crippen LogP contribution in [0.25, 0.3) is 12.2 Å². The first-order chi connectivity index (χ1) is 19.2. The van der Waals surface area contributed by atoms with Crippen molar-refractivity contribution in [1.29, 1.82) is 0 Å². The van der Waals surface area contributed by atoms with E-state index in [1.54, 1.807) is 12.5 Å². The monoisotopic (exact) mass is 597 g/mol. The average molecular weight is 599 g/mol. The van der Waals surface area contributed by atoms with Gasteiger partial charge in [-0.15, -0.1) is 0 Å². The van der Waals surface area contributed by atoms with Crippen LogP contribution in [0.5, 0.6) is 0 Å². The summed E-state index contributed by atoms with van der Waals surface area (Å²) in [6, 6.07) is 17.5. The van der Waals surface area contributed by atoms with Crippen LogP contribution in [-0.4, -0.2) is 53.4 Å². The van der Waals surface area contributed by atoms with Crippen molar-refractivity contribution in [3.05, 3.63) is 116 Å². The summed E-state index contributed by atoms with van der Waals surface area (Å²) in [5.74, 6) is 0. The number of nitro groups is 1. The third-order valence-electron chi connectivity index (χ3n) is 6.62. The van der Waals surface area contributed by atoms with E-state index < -0.39 is 20.6 Å². The second kappa shape index (κ2) is 11.8. The van der Waals surface area contributed by atoms with Gasteiger partial charge in [0.05, 0.1) is 16.1 Å². The van der Waals surface area contributed by atoms with E-state index in [0.717, 1.165) is 28.4 Å². The van der Waals surface area contributed by atoms with Gasteiger partial charge in [0, 0.05) is 61.9 Å². The van der Waals surface area contributed by atoms with Gasteiger partial charge in [0.2, 0.25) is 10.0 Å².